The van der Waals surface area contributed by atoms with Crippen LogP contribution in [0, 0.1) is 11.6 Å². The first kappa shape index (κ1) is 18.9. The number of nitrogens with zero attached hydrogens (tertiary/aromatic N) is 8. The molecule has 1 aliphatic rings. The second-order valence-corrected chi connectivity index (χ2v) is 7.81. The lowest BCUT2D eigenvalue weighted by molar-refractivity contribution is 0.0232. The first-order valence-corrected chi connectivity index (χ1v) is 9.80. The summed E-state index contributed by atoms with van der Waals surface area (Å²) in [6.07, 6.45) is 6.65. The minimum Gasteiger partial charge on any atom is -0.274 e. The third-order valence-corrected chi connectivity index (χ3v) is 5.49. The van der Waals surface area contributed by atoms with Gasteiger partial charge in [0, 0.05) is 31.1 Å². The number of aryl methyl sites for hydroxylation is 1. The van der Waals surface area contributed by atoms with Crippen LogP contribution in [0.25, 0.3) is 27.8 Å². The van der Waals surface area contributed by atoms with Gasteiger partial charge in [0.1, 0.15) is 17.2 Å². The Morgan fingerprint density at radius 3 is 2.66 bits per heavy atom. The average Bonchev–Trinajstić information content (AvgIpc) is 3.15. The molecule has 1 aromatic carbocycles. The van der Waals surface area contributed by atoms with E-state index in [0.717, 1.165) is 23.4 Å². The zero-order chi connectivity index (χ0) is 22.2. The van der Waals surface area contributed by atoms with Gasteiger partial charge in [-0.3, -0.25) is 9.36 Å². The van der Waals surface area contributed by atoms with Crippen LogP contribution < -0.4 is 0 Å². The highest BCUT2D eigenvalue weighted by atomic mass is 19.3. The van der Waals surface area contributed by atoms with E-state index in [1.54, 1.807) is 23.1 Å². The molecule has 12 heteroatoms. The van der Waals surface area contributed by atoms with Crippen molar-refractivity contribution in [1.82, 2.24) is 39.4 Å². The predicted molar refractivity (Wildman–Crippen MR) is 104 cm³/mol. The minimum atomic E-state index is -4.15. The highest BCUT2D eigenvalue weighted by Gasteiger charge is 2.45. The summed E-state index contributed by atoms with van der Waals surface area (Å²) in [5.41, 5.74) is -0.510. The monoisotopic (exact) mass is 442 g/mol. The number of alkyl halides is 2. The van der Waals surface area contributed by atoms with Crippen molar-refractivity contribution < 1.29 is 17.6 Å². The molecule has 8 nitrogen and oxygen atoms in total. The van der Waals surface area contributed by atoms with Crippen LogP contribution in [0.3, 0.4) is 0 Å². The third kappa shape index (κ3) is 2.71. The van der Waals surface area contributed by atoms with Crippen LogP contribution in [0.15, 0.2) is 36.8 Å². The molecule has 32 heavy (non-hydrogen) atoms. The van der Waals surface area contributed by atoms with Crippen LogP contribution >= 0.6 is 0 Å². The van der Waals surface area contributed by atoms with Crippen molar-refractivity contribution in [3.05, 3.63) is 59.8 Å². The van der Waals surface area contributed by atoms with E-state index < -0.39 is 28.9 Å². The highest BCUT2D eigenvalue weighted by Crippen LogP contribution is 2.40. The zero-order valence-corrected chi connectivity index (χ0v) is 16.5. The van der Waals surface area contributed by atoms with E-state index in [2.05, 4.69) is 25.5 Å². The lowest BCUT2D eigenvalue weighted by atomic mass is 10.0. The fraction of sp³-hybridized carbons (Fsp3) is 0.250. The third-order valence-electron chi connectivity index (χ3n) is 5.49. The van der Waals surface area contributed by atoms with Crippen molar-refractivity contribution in [1.29, 1.82) is 0 Å². The summed E-state index contributed by atoms with van der Waals surface area (Å²) in [6, 6.07) is 4.18. The number of rotatable bonds is 4. The van der Waals surface area contributed by atoms with Gasteiger partial charge in [-0.15, -0.1) is 10.2 Å². The molecule has 0 spiro atoms. The Bertz CT molecular complexity index is 1510. The van der Waals surface area contributed by atoms with Gasteiger partial charge in [-0.05, 0) is 25.0 Å². The van der Waals surface area contributed by atoms with Gasteiger partial charge < -0.3 is 0 Å². The smallest absolute Gasteiger partial charge is 0.274 e. The molecule has 0 radical (unpaired) electrons. The summed E-state index contributed by atoms with van der Waals surface area (Å²) < 4.78 is 64.4. The molecule has 0 amide bonds. The Labute approximate surface area is 177 Å². The number of aromatic nitrogens is 8. The Kier molecular flexibility index (Phi) is 3.75. The fourth-order valence-electron chi connectivity index (χ4n) is 3.76. The molecule has 1 fully saturated rings. The second-order valence-electron chi connectivity index (χ2n) is 7.81. The molecule has 6 rings (SSSR count). The molecule has 0 atom stereocenters. The molecule has 0 aliphatic heterocycles. The standard InChI is InChI=1S/C20H14F4N8/c1-30-9-12-15(28-30)6-13(21)17(18(12)22)20(23,24)19-27-26-16-5-4-14(29-32(16)19)10-7-25-31(8-10)11-2-3-11/h4-9,11H,2-3H2,1H3. The maximum atomic E-state index is 15.5. The highest BCUT2D eigenvalue weighted by molar-refractivity contribution is 5.80. The number of halogens is 4. The summed E-state index contributed by atoms with van der Waals surface area (Å²) in [4.78, 5) is 0. The van der Waals surface area contributed by atoms with E-state index in [1.807, 2.05) is 0 Å². The normalized spacial score (nSPS) is 14.7. The molecule has 1 saturated carbocycles. The molecule has 0 unspecified atom stereocenters. The van der Waals surface area contributed by atoms with E-state index >= 15 is 8.78 Å². The molecular weight excluding hydrogens is 428 g/mol. The molecule has 4 heterocycles. The molecule has 0 N–H and O–H groups in total. The van der Waals surface area contributed by atoms with Crippen LogP contribution in [0.2, 0.25) is 0 Å². The summed E-state index contributed by atoms with van der Waals surface area (Å²) in [7, 11) is 1.48. The summed E-state index contributed by atoms with van der Waals surface area (Å²) >= 11 is 0. The van der Waals surface area contributed by atoms with Crippen LogP contribution in [-0.4, -0.2) is 39.4 Å². The number of hydrogen-bond acceptors (Lipinski definition) is 5. The topological polar surface area (TPSA) is 78.7 Å². The average molecular weight is 442 g/mol. The Morgan fingerprint density at radius 1 is 1.06 bits per heavy atom. The van der Waals surface area contributed by atoms with E-state index in [4.69, 9.17) is 0 Å². The second kappa shape index (κ2) is 6.34. The van der Waals surface area contributed by atoms with E-state index in [0.29, 0.717) is 17.3 Å². The first-order chi connectivity index (χ1) is 15.3. The summed E-state index contributed by atoms with van der Waals surface area (Å²) in [5, 5.41) is 19.4. The number of hydrogen-bond donors (Lipinski definition) is 0. The fourth-order valence-corrected chi connectivity index (χ4v) is 3.76. The van der Waals surface area contributed by atoms with Crippen LogP contribution in [-0.2, 0) is 13.0 Å². The van der Waals surface area contributed by atoms with Gasteiger partial charge >= 0.3 is 5.92 Å². The zero-order valence-electron chi connectivity index (χ0n) is 16.5. The van der Waals surface area contributed by atoms with Gasteiger partial charge in [0.25, 0.3) is 0 Å². The van der Waals surface area contributed by atoms with Crippen molar-refractivity contribution in [3.8, 4) is 11.3 Å². The molecular formula is C20H14F4N8. The molecule has 0 bridgehead atoms. The molecule has 5 aromatic rings. The summed E-state index contributed by atoms with van der Waals surface area (Å²) in [6.45, 7) is 0. The largest absolute Gasteiger partial charge is 0.339 e. The van der Waals surface area contributed by atoms with Crippen molar-refractivity contribution >= 4 is 16.6 Å². The Balaban J connectivity index is 1.50. The molecule has 4 aromatic heterocycles. The van der Waals surface area contributed by atoms with E-state index in [-0.39, 0.29) is 16.6 Å². The van der Waals surface area contributed by atoms with Crippen molar-refractivity contribution in [3.63, 3.8) is 0 Å². The quantitative estimate of drug-likeness (QED) is 0.397. The minimum absolute atomic E-state index is 0.0151. The lowest BCUT2D eigenvalue weighted by Gasteiger charge is -2.16. The number of benzene rings is 1. The predicted octanol–water partition coefficient (Wildman–Crippen LogP) is 3.63. The lowest BCUT2D eigenvalue weighted by Crippen LogP contribution is -2.23. The summed E-state index contributed by atoms with van der Waals surface area (Å²) in [5.74, 6) is -7.99. The Morgan fingerprint density at radius 2 is 1.88 bits per heavy atom. The van der Waals surface area contributed by atoms with Crippen LogP contribution in [0.5, 0.6) is 0 Å². The van der Waals surface area contributed by atoms with Gasteiger partial charge in [-0.1, -0.05) is 0 Å². The maximum Gasteiger partial charge on any atom is 0.339 e. The van der Waals surface area contributed by atoms with E-state index in [1.165, 1.54) is 24.0 Å². The maximum absolute atomic E-state index is 15.5. The van der Waals surface area contributed by atoms with E-state index in [9.17, 15) is 8.78 Å². The van der Waals surface area contributed by atoms with Gasteiger partial charge in [0.15, 0.2) is 5.65 Å². The van der Waals surface area contributed by atoms with Crippen molar-refractivity contribution in [2.45, 2.75) is 24.8 Å². The first-order valence-electron chi connectivity index (χ1n) is 9.80. The van der Waals surface area contributed by atoms with Gasteiger partial charge in [0.05, 0.1) is 28.8 Å². The van der Waals surface area contributed by atoms with Crippen LogP contribution in [0.1, 0.15) is 30.3 Å². The van der Waals surface area contributed by atoms with Crippen LogP contribution in [0.4, 0.5) is 17.6 Å². The Hall–Kier alpha value is -3.83. The van der Waals surface area contributed by atoms with Gasteiger partial charge in [0.2, 0.25) is 5.82 Å². The molecule has 1 aliphatic carbocycles. The molecule has 162 valence electrons. The molecule has 0 saturated heterocycles. The van der Waals surface area contributed by atoms with Crippen molar-refractivity contribution in [2.75, 3.05) is 0 Å². The SMILES string of the molecule is Cn1cc2c(F)c(C(F)(F)c3nnc4ccc(-c5cnn(C6CC6)c5)nn34)c(F)cc2n1. The van der Waals surface area contributed by atoms with Gasteiger partial charge in [-0.2, -0.15) is 28.6 Å². The van der Waals surface area contributed by atoms with Gasteiger partial charge in [-0.25, -0.2) is 8.78 Å². The van der Waals surface area contributed by atoms with Crippen molar-refractivity contribution in [2.24, 2.45) is 7.05 Å². The number of fused-ring (bicyclic) bond motifs is 2.